The average molecular weight is 328 g/mol. The molecule has 0 amide bonds. The van der Waals surface area contributed by atoms with Crippen LogP contribution < -0.4 is 10.6 Å². The fourth-order valence-corrected chi connectivity index (χ4v) is 3.58. The summed E-state index contributed by atoms with van der Waals surface area (Å²) < 4.78 is 2.09. The summed E-state index contributed by atoms with van der Waals surface area (Å²) in [7, 11) is 0. The molecule has 0 atom stereocenters. The molecular weight excluding hydrogens is 304 g/mol. The quantitative estimate of drug-likeness (QED) is 0.793. The van der Waals surface area contributed by atoms with Crippen LogP contribution in [0.1, 0.15) is 49.3 Å². The summed E-state index contributed by atoms with van der Waals surface area (Å²) in [6.07, 6.45) is 8.16. The average Bonchev–Trinajstić information content (AvgIpc) is 2.95. The number of aryl methyl sites for hydroxylation is 2. The van der Waals surface area contributed by atoms with Crippen molar-refractivity contribution in [2.24, 2.45) is 0 Å². The Morgan fingerprint density at radius 2 is 1.78 bits per heavy atom. The van der Waals surface area contributed by atoms with Crippen LogP contribution in [0.15, 0.2) is 30.5 Å². The maximum Gasteiger partial charge on any atom is 0.176 e. The Morgan fingerprint density at radius 1 is 1.09 bits per heavy atom. The van der Waals surface area contributed by atoms with E-state index in [9.17, 15) is 0 Å². The van der Waals surface area contributed by atoms with Gasteiger partial charge in [0.25, 0.3) is 0 Å². The number of thiocarbonyl (C=S) groups is 1. The number of hydrogen-bond donors (Lipinski definition) is 2. The van der Waals surface area contributed by atoms with Crippen molar-refractivity contribution < 1.29 is 0 Å². The third-order valence-corrected chi connectivity index (χ3v) is 4.52. The van der Waals surface area contributed by atoms with Gasteiger partial charge in [0.2, 0.25) is 0 Å². The van der Waals surface area contributed by atoms with E-state index >= 15 is 0 Å². The highest BCUT2D eigenvalue weighted by molar-refractivity contribution is 7.80. The molecule has 1 aromatic carbocycles. The van der Waals surface area contributed by atoms with E-state index in [1.807, 2.05) is 12.3 Å². The second-order valence-corrected chi connectivity index (χ2v) is 6.82. The Balaban J connectivity index is 1.67. The highest BCUT2D eigenvalue weighted by Crippen LogP contribution is 2.29. The molecule has 1 aromatic heterocycles. The van der Waals surface area contributed by atoms with E-state index < -0.39 is 0 Å². The van der Waals surface area contributed by atoms with Gasteiger partial charge >= 0.3 is 0 Å². The van der Waals surface area contributed by atoms with Crippen molar-refractivity contribution in [3.63, 3.8) is 0 Å². The van der Waals surface area contributed by atoms with Crippen molar-refractivity contribution in [3.8, 4) is 0 Å². The van der Waals surface area contributed by atoms with E-state index in [0.717, 1.165) is 11.5 Å². The Hall–Kier alpha value is -1.88. The second kappa shape index (κ2) is 7.13. The van der Waals surface area contributed by atoms with E-state index in [2.05, 4.69) is 52.5 Å². The molecule has 5 heteroatoms. The molecule has 2 N–H and O–H groups in total. The lowest BCUT2D eigenvalue weighted by Gasteiger charge is -2.24. The number of anilines is 2. The predicted octanol–water partition coefficient (Wildman–Crippen LogP) is 4.81. The van der Waals surface area contributed by atoms with Gasteiger partial charge < -0.3 is 10.6 Å². The zero-order chi connectivity index (χ0) is 16.2. The molecule has 1 saturated carbocycles. The fraction of sp³-hybridized carbons (Fsp3) is 0.444. The van der Waals surface area contributed by atoms with Gasteiger partial charge in [-0.05, 0) is 62.2 Å². The van der Waals surface area contributed by atoms with Gasteiger partial charge in [0, 0.05) is 11.8 Å². The second-order valence-electron chi connectivity index (χ2n) is 6.41. The van der Waals surface area contributed by atoms with Crippen molar-refractivity contribution in [1.29, 1.82) is 0 Å². The van der Waals surface area contributed by atoms with Crippen molar-refractivity contribution in [3.05, 3.63) is 41.6 Å². The first-order valence-corrected chi connectivity index (χ1v) is 8.72. The van der Waals surface area contributed by atoms with Gasteiger partial charge in [0.15, 0.2) is 5.11 Å². The standard InChI is InChI=1S/C18H24N4S/c1-13-10-14(2)12-15(11-13)20-18(23)21-17-8-9-19-22(17)16-6-4-3-5-7-16/h8-12,16H,3-7H2,1-2H3,(H2,20,21,23). The summed E-state index contributed by atoms with van der Waals surface area (Å²) in [5, 5.41) is 11.7. The van der Waals surface area contributed by atoms with E-state index in [0.29, 0.717) is 11.2 Å². The lowest BCUT2D eigenvalue weighted by molar-refractivity contribution is 0.333. The highest BCUT2D eigenvalue weighted by Gasteiger charge is 2.18. The van der Waals surface area contributed by atoms with Crippen molar-refractivity contribution >= 4 is 28.8 Å². The lowest BCUT2D eigenvalue weighted by Crippen LogP contribution is -2.23. The van der Waals surface area contributed by atoms with E-state index in [4.69, 9.17) is 12.2 Å². The largest absolute Gasteiger partial charge is 0.332 e. The number of hydrogen-bond acceptors (Lipinski definition) is 2. The van der Waals surface area contributed by atoms with Crippen LogP contribution >= 0.6 is 12.2 Å². The van der Waals surface area contributed by atoms with Gasteiger partial charge in [-0.15, -0.1) is 0 Å². The first-order chi connectivity index (χ1) is 11.1. The minimum Gasteiger partial charge on any atom is -0.332 e. The van der Waals surface area contributed by atoms with Crippen LogP contribution in [0.25, 0.3) is 0 Å². The van der Waals surface area contributed by atoms with E-state index in [1.54, 1.807) is 0 Å². The van der Waals surface area contributed by atoms with Crippen LogP contribution in [0.2, 0.25) is 0 Å². The summed E-state index contributed by atoms with van der Waals surface area (Å²) in [4.78, 5) is 0. The molecule has 23 heavy (non-hydrogen) atoms. The minimum absolute atomic E-state index is 0.491. The molecule has 3 rings (SSSR count). The van der Waals surface area contributed by atoms with Crippen LogP contribution in [0.4, 0.5) is 11.5 Å². The molecule has 122 valence electrons. The van der Waals surface area contributed by atoms with Crippen LogP contribution in [0.5, 0.6) is 0 Å². The van der Waals surface area contributed by atoms with Crippen LogP contribution in [-0.4, -0.2) is 14.9 Å². The topological polar surface area (TPSA) is 41.9 Å². The SMILES string of the molecule is Cc1cc(C)cc(NC(=S)Nc2ccnn2C2CCCCC2)c1. The number of benzene rings is 1. The van der Waals surface area contributed by atoms with Gasteiger partial charge in [-0.2, -0.15) is 5.10 Å². The van der Waals surface area contributed by atoms with Crippen molar-refractivity contribution in [1.82, 2.24) is 9.78 Å². The first-order valence-electron chi connectivity index (χ1n) is 8.31. The molecule has 1 fully saturated rings. The first kappa shape index (κ1) is 16.0. The molecule has 0 unspecified atom stereocenters. The molecule has 0 spiro atoms. The Bertz CT molecular complexity index is 666. The molecule has 2 aromatic rings. The maximum atomic E-state index is 5.47. The minimum atomic E-state index is 0.491. The third kappa shape index (κ3) is 4.10. The molecule has 1 aliphatic rings. The van der Waals surface area contributed by atoms with Gasteiger partial charge in [-0.25, -0.2) is 4.68 Å². The van der Waals surface area contributed by atoms with Crippen LogP contribution in [-0.2, 0) is 0 Å². The van der Waals surface area contributed by atoms with Gasteiger partial charge in [-0.1, -0.05) is 25.3 Å². The zero-order valence-electron chi connectivity index (χ0n) is 13.8. The van der Waals surface area contributed by atoms with Crippen molar-refractivity contribution in [2.45, 2.75) is 52.0 Å². The molecule has 4 nitrogen and oxygen atoms in total. The van der Waals surface area contributed by atoms with Gasteiger partial charge in [-0.3, -0.25) is 0 Å². The van der Waals surface area contributed by atoms with Gasteiger partial charge in [0.1, 0.15) is 5.82 Å². The summed E-state index contributed by atoms with van der Waals surface area (Å²) >= 11 is 5.47. The molecule has 0 aliphatic heterocycles. The zero-order valence-corrected chi connectivity index (χ0v) is 14.6. The summed E-state index contributed by atoms with van der Waals surface area (Å²) in [5.41, 5.74) is 3.47. The Labute approximate surface area is 143 Å². The molecule has 0 bridgehead atoms. The molecule has 1 heterocycles. The number of nitrogens with zero attached hydrogens (tertiary/aromatic N) is 2. The molecule has 0 radical (unpaired) electrons. The monoisotopic (exact) mass is 328 g/mol. The van der Waals surface area contributed by atoms with Crippen molar-refractivity contribution in [2.75, 3.05) is 10.6 Å². The Kier molecular flexibility index (Phi) is 4.96. The third-order valence-electron chi connectivity index (χ3n) is 4.31. The van der Waals surface area contributed by atoms with E-state index in [-0.39, 0.29) is 0 Å². The fourth-order valence-electron chi connectivity index (χ4n) is 3.36. The van der Waals surface area contributed by atoms with E-state index in [1.165, 1.54) is 43.2 Å². The summed E-state index contributed by atoms with van der Waals surface area (Å²) in [6.45, 7) is 4.18. The lowest BCUT2D eigenvalue weighted by atomic mass is 9.96. The molecule has 0 saturated heterocycles. The maximum absolute atomic E-state index is 5.47. The predicted molar refractivity (Wildman–Crippen MR) is 100 cm³/mol. The number of rotatable bonds is 3. The highest BCUT2D eigenvalue weighted by atomic mass is 32.1. The molecular formula is C18H24N4S. The normalized spacial score (nSPS) is 15.4. The van der Waals surface area contributed by atoms with Gasteiger partial charge in [0.05, 0.1) is 12.2 Å². The van der Waals surface area contributed by atoms with Crippen LogP contribution in [0.3, 0.4) is 0 Å². The molecule has 1 aliphatic carbocycles. The van der Waals surface area contributed by atoms with Crippen LogP contribution in [0, 0.1) is 13.8 Å². The smallest absolute Gasteiger partial charge is 0.176 e. The Morgan fingerprint density at radius 3 is 2.48 bits per heavy atom. The summed E-state index contributed by atoms with van der Waals surface area (Å²) in [6, 6.07) is 8.83. The number of aromatic nitrogens is 2. The number of nitrogens with one attached hydrogen (secondary N) is 2. The summed E-state index contributed by atoms with van der Waals surface area (Å²) in [5.74, 6) is 0.971.